The second-order valence-electron chi connectivity index (χ2n) is 3.63. The van der Waals surface area contributed by atoms with Crippen LogP contribution in [0, 0.1) is 6.92 Å². The van der Waals surface area contributed by atoms with Crippen LogP contribution in [0.5, 0.6) is 0 Å². The largest absolute Gasteiger partial charge is 0.468 e. The summed E-state index contributed by atoms with van der Waals surface area (Å²) >= 11 is 5.26. The Bertz CT molecular complexity index is 484. The van der Waals surface area contributed by atoms with Crippen molar-refractivity contribution in [3.05, 3.63) is 46.8 Å². The number of furan rings is 1. The topological polar surface area (TPSA) is 25.2 Å². The molecule has 0 aliphatic heterocycles. The molecule has 0 bridgehead atoms. The summed E-state index contributed by atoms with van der Waals surface area (Å²) in [7, 11) is 0. The quantitative estimate of drug-likeness (QED) is 0.647. The molecule has 1 heterocycles. The molecule has 2 rings (SSSR count). The zero-order chi connectivity index (χ0) is 12.1. The minimum Gasteiger partial charge on any atom is -0.468 e. The summed E-state index contributed by atoms with van der Waals surface area (Å²) in [6, 6.07) is 10.2. The molecule has 1 aromatic carbocycles. The van der Waals surface area contributed by atoms with Gasteiger partial charge in [0.1, 0.15) is 5.76 Å². The van der Waals surface area contributed by atoms with Gasteiger partial charge in [0.05, 0.1) is 6.26 Å². The van der Waals surface area contributed by atoms with Crippen LogP contribution < -0.4 is 5.32 Å². The van der Waals surface area contributed by atoms with E-state index in [9.17, 15) is 0 Å². The van der Waals surface area contributed by atoms with Crippen LogP contribution in [0.25, 0.3) is 0 Å². The molecule has 90 valence electrons. The van der Waals surface area contributed by atoms with Gasteiger partial charge in [-0.1, -0.05) is 22.0 Å². The highest BCUT2D eigenvalue weighted by molar-refractivity contribution is 9.10. The van der Waals surface area contributed by atoms with Gasteiger partial charge in [-0.2, -0.15) is 0 Å². The lowest BCUT2D eigenvalue weighted by atomic mass is 10.3. The molecule has 0 unspecified atom stereocenters. The van der Waals surface area contributed by atoms with Crippen molar-refractivity contribution in [1.29, 1.82) is 0 Å². The lowest BCUT2D eigenvalue weighted by Crippen LogP contribution is -2.03. The number of hydrogen-bond donors (Lipinski definition) is 1. The third-order valence-electron chi connectivity index (χ3n) is 2.32. The van der Waals surface area contributed by atoms with Crippen LogP contribution in [-0.2, 0) is 0 Å². The number of hydrogen-bond acceptors (Lipinski definition) is 3. The molecule has 0 atom stereocenters. The van der Waals surface area contributed by atoms with E-state index in [0.717, 1.165) is 28.2 Å². The van der Waals surface area contributed by atoms with Crippen LogP contribution in [-0.4, -0.2) is 12.3 Å². The Balaban J connectivity index is 1.75. The summed E-state index contributed by atoms with van der Waals surface area (Å²) in [5.41, 5.74) is 1.14. The van der Waals surface area contributed by atoms with Crippen molar-refractivity contribution in [2.24, 2.45) is 0 Å². The number of aryl methyl sites for hydroxylation is 1. The van der Waals surface area contributed by atoms with Gasteiger partial charge in [-0.15, -0.1) is 11.8 Å². The zero-order valence-electron chi connectivity index (χ0n) is 9.57. The van der Waals surface area contributed by atoms with E-state index >= 15 is 0 Å². The molecule has 0 spiro atoms. The van der Waals surface area contributed by atoms with E-state index in [1.54, 1.807) is 6.26 Å². The number of benzene rings is 1. The molecule has 17 heavy (non-hydrogen) atoms. The van der Waals surface area contributed by atoms with E-state index in [0.29, 0.717) is 0 Å². The van der Waals surface area contributed by atoms with Crippen molar-refractivity contribution >= 4 is 33.4 Å². The first-order chi connectivity index (χ1) is 8.25. The molecule has 1 N–H and O–H groups in total. The minimum absolute atomic E-state index is 0.936. The summed E-state index contributed by atoms with van der Waals surface area (Å²) < 4.78 is 6.35. The van der Waals surface area contributed by atoms with Crippen molar-refractivity contribution < 1.29 is 4.42 Å². The second kappa shape index (κ2) is 6.17. The van der Waals surface area contributed by atoms with Crippen LogP contribution in [0.4, 0.5) is 5.69 Å². The van der Waals surface area contributed by atoms with Gasteiger partial charge in [-0.25, -0.2) is 0 Å². The molecule has 0 saturated heterocycles. The molecule has 1 aromatic heterocycles. The lowest BCUT2D eigenvalue weighted by molar-refractivity contribution is 0.527. The number of anilines is 1. The average Bonchev–Trinajstić information content (AvgIpc) is 2.71. The number of thioether (sulfide) groups is 1. The van der Waals surface area contributed by atoms with Gasteiger partial charge in [-0.05, 0) is 31.2 Å². The number of halogens is 1. The van der Waals surface area contributed by atoms with Crippen molar-refractivity contribution in [3.8, 4) is 0 Å². The maximum Gasteiger partial charge on any atom is 0.114 e. The van der Waals surface area contributed by atoms with E-state index in [2.05, 4.69) is 33.4 Å². The molecule has 2 nitrogen and oxygen atoms in total. The van der Waals surface area contributed by atoms with E-state index in [1.165, 1.54) is 4.90 Å². The highest BCUT2D eigenvalue weighted by atomic mass is 79.9. The molecular weight excluding hydrogens is 298 g/mol. The Kier molecular flexibility index (Phi) is 4.57. The van der Waals surface area contributed by atoms with Crippen molar-refractivity contribution in [1.82, 2.24) is 0 Å². The normalized spacial score (nSPS) is 10.5. The second-order valence-corrected chi connectivity index (χ2v) is 5.68. The Morgan fingerprint density at radius 2 is 2.24 bits per heavy atom. The molecule has 0 aliphatic carbocycles. The summed E-state index contributed by atoms with van der Waals surface area (Å²) in [5.74, 6) is 2.02. The van der Waals surface area contributed by atoms with Gasteiger partial charge < -0.3 is 9.73 Å². The predicted molar refractivity (Wildman–Crippen MR) is 76.8 cm³/mol. The summed E-state index contributed by atoms with van der Waals surface area (Å²) in [6.07, 6.45) is 1.74. The molecule has 0 saturated carbocycles. The van der Waals surface area contributed by atoms with Gasteiger partial charge >= 0.3 is 0 Å². The van der Waals surface area contributed by atoms with Gasteiger partial charge in [0, 0.05) is 27.4 Å². The first-order valence-electron chi connectivity index (χ1n) is 5.42. The Morgan fingerprint density at radius 1 is 1.35 bits per heavy atom. The summed E-state index contributed by atoms with van der Waals surface area (Å²) in [4.78, 5) is 1.22. The Hall–Kier alpha value is -0.870. The van der Waals surface area contributed by atoms with Gasteiger partial charge in [-0.3, -0.25) is 0 Å². The SMILES string of the molecule is Cc1occc1SCCNc1cccc(Br)c1. The van der Waals surface area contributed by atoms with Gasteiger partial charge in [0.2, 0.25) is 0 Å². The van der Waals surface area contributed by atoms with Gasteiger partial charge in [0.25, 0.3) is 0 Å². The standard InChI is InChI=1S/C13H14BrNOS/c1-10-13(5-7-16-10)17-8-6-15-12-4-2-3-11(14)9-12/h2-5,7,9,15H,6,8H2,1H3. The highest BCUT2D eigenvalue weighted by Crippen LogP contribution is 2.23. The van der Waals surface area contributed by atoms with Gasteiger partial charge in [0.15, 0.2) is 0 Å². The number of rotatable bonds is 5. The fraction of sp³-hybridized carbons (Fsp3) is 0.231. The smallest absolute Gasteiger partial charge is 0.114 e. The van der Waals surface area contributed by atoms with Crippen LogP contribution in [0.3, 0.4) is 0 Å². The fourth-order valence-electron chi connectivity index (χ4n) is 1.48. The maximum atomic E-state index is 5.25. The Labute approximate surface area is 114 Å². The van der Waals surface area contributed by atoms with Crippen molar-refractivity contribution in [2.75, 3.05) is 17.6 Å². The van der Waals surface area contributed by atoms with Crippen LogP contribution in [0.1, 0.15) is 5.76 Å². The molecule has 0 fully saturated rings. The predicted octanol–water partition coefficient (Wildman–Crippen LogP) is 4.55. The molecule has 0 radical (unpaired) electrons. The molecule has 2 aromatic rings. The van der Waals surface area contributed by atoms with Crippen LogP contribution in [0.15, 0.2) is 50.4 Å². The highest BCUT2D eigenvalue weighted by Gasteiger charge is 2.01. The first-order valence-corrected chi connectivity index (χ1v) is 7.20. The zero-order valence-corrected chi connectivity index (χ0v) is 12.0. The maximum absolute atomic E-state index is 5.25. The minimum atomic E-state index is 0.936. The van der Waals surface area contributed by atoms with Crippen molar-refractivity contribution in [3.63, 3.8) is 0 Å². The monoisotopic (exact) mass is 311 g/mol. The Morgan fingerprint density at radius 3 is 2.94 bits per heavy atom. The van der Waals surface area contributed by atoms with E-state index in [4.69, 9.17) is 4.42 Å². The summed E-state index contributed by atoms with van der Waals surface area (Å²) in [6.45, 7) is 2.93. The van der Waals surface area contributed by atoms with Crippen molar-refractivity contribution in [2.45, 2.75) is 11.8 Å². The van der Waals surface area contributed by atoms with E-state index in [1.807, 2.05) is 36.9 Å². The fourth-order valence-corrected chi connectivity index (χ4v) is 2.70. The molecule has 0 amide bonds. The van der Waals surface area contributed by atoms with E-state index in [-0.39, 0.29) is 0 Å². The third kappa shape index (κ3) is 3.82. The summed E-state index contributed by atoms with van der Waals surface area (Å²) in [5, 5.41) is 3.39. The van der Waals surface area contributed by atoms with Crippen LogP contribution >= 0.6 is 27.7 Å². The van der Waals surface area contributed by atoms with E-state index < -0.39 is 0 Å². The third-order valence-corrected chi connectivity index (χ3v) is 3.96. The lowest BCUT2D eigenvalue weighted by Gasteiger charge is -2.06. The van der Waals surface area contributed by atoms with Crippen LogP contribution in [0.2, 0.25) is 0 Å². The average molecular weight is 312 g/mol. The first kappa shape index (κ1) is 12.6. The number of nitrogens with one attached hydrogen (secondary N) is 1. The molecular formula is C13H14BrNOS. The molecule has 0 aliphatic rings. The molecule has 4 heteroatoms.